The molecule has 0 aromatic heterocycles. The number of allylic oxidation sites excluding steroid dienone is 2. The monoisotopic (exact) mass is 188 g/mol. The van der Waals surface area contributed by atoms with Gasteiger partial charge in [0.05, 0.1) is 0 Å². The van der Waals surface area contributed by atoms with Crippen molar-refractivity contribution in [3.05, 3.63) is 11.1 Å². The summed E-state index contributed by atoms with van der Waals surface area (Å²) < 4.78 is 0. The molecule has 0 saturated heterocycles. The van der Waals surface area contributed by atoms with Gasteiger partial charge in [-0.15, -0.1) is 0 Å². The van der Waals surface area contributed by atoms with Gasteiger partial charge in [0, 0.05) is 0 Å². The van der Waals surface area contributed by atoms with Gasteiger partial charge in [0.1, 0.15) is 0 Å². The molecule has 76 valence electrons. The van der Waals surface area contributed by atoms with Crippen LogP contribution in [0.3, 0.4) is 0 Å². The molecule has 0 aromatic carbocycles. The van der Waals surface area contributed by atoms with Crippen LogP contribution in [0.2, 0.25) is 0 Å². The fraction of sp³-hybridized carbons (Fsp3) is 0.857. The molecule has 0 nitrogen and oxygen atoms in total. The molecule has 4 aliphatic rings. The number of fused-ring (bicyclic) bond motifs is 4. The first-order chi connectivity index (χ1) is 6.90. The normalized spacial score (nSPS) is 54.9. The summed E-state index contributed by atoms with van der Waals surface area (Å²) in [5, 5.41) is 0. The van der Waals surface area contributed by atoms with Gasteiger partial charge in [-0.25, -0.2) is 0 Å². The van der Waals surface area contributed by atoms with Crippen molar-refractivity contribution in [3.8, 4) is 0 Å². The Morgan fingerprint density at radius 2 is 1.14 bits per heavy atom. The van der Waals surface area contributed by atoms with Crippen molar-refractivity contribution in [1.82, 2.24) is 0 Å². The highest BCUT2D eigenvalue weighted by Gasteiger charge is 2.42. The Labute approximate surface area is 86.8 Å². The fourth-order valence-electron chi connectivity index (χ4n) is 4.90. The molecule has 0 unspecified atom stereocenters. The van der Waals surface area contributed by atoms with Crippen LogP contribution < -0.4 is 0 Å². The largest absolute Gasteiger partial charge is 0.0673 e. The van der Waals surface area contributed by atoms with E-state index in [0.717, 1.165) is 23.7 Å². The van der Waals surface area contributed by atoms with Crippen molar-refractivity contribution in [2.75, 3.05) is 0 Å². The Morgan fingerprint density at radius 1 is 0.643 bits per heavy atom. The molecular formula is C14H20. The molecule has 4 atom stereocenters. The van der Waals surface area contributed by atoms with Gasteiger partial charge < -0.3 is 0 Å². The van der Waals surface area contributed by atoms with E-state index in [9.17, 15) is 0 Å². The van der Waals surface area contributed by atoms with Crippen LogP contribution in [0.5, 0.6) is 0 Å². The summed E-state index contributed by atoms with van der Waals surface area (Å²) in [5.41, 5.74) is 3.96. The minimum atomic E-state index is 1.06. The van der Waals surface area contributed by atoms with Crippen molar-refractivity contribution < 1.29 is 0 Å². The molecule has 4 aliphatic carbocycles. The van der Waals surface area contributed by atoms with E-state index in [1.165, 1.54) is 12.8 Å². The van der Waals surface area contributed by atoms with Crippen molar-refractivity contribution in [2.24, 2.45) is 23.7 Å². The van der Waals surface area contributed by atoms with E-state index in [1.54, 1.807) is 38.5 Å². The van der Waals surface area contributed by atoms with Crippen molar-refractivity contribution in [2.45, 2.75) is 51.4 Å². The number of hydrogen-bond donors (Lipinski definition) is 0. The van der Waals surface area contributed by atoms with Crippen LogP contribution in [-0.4, -0.2) is 0 Å². The lowest BCUT2D eigenvalue weighted by Crippen LogP contribution is -2.07. The topological polar surface area (TPSA) is 0 Å². The average Bonchev–Trinajstić information content (AvgIpc) is 2.96. The van der Waals surface area contributed by atoms with Crippen molar-refractivity contribution in [1.29, 1.82) is 0 Å². The maximum atomic E-state index is 1.98. The molecule has 4 rings (SSSR count). The van der Waals surface area contributed by atoms with Crippen LogP contribution in [0.1, 0.15) is 51.4 Å². The lowest BCUT2D eigenvalue weighted by molar-refractivity contribution is 0.521. The summed E-state index contributed by atoms with van der Waals surface area (Å²) in [7, 11) is 0. The third kappa shape index (κ3) is 0.951. The Hall–Kier alpha value is -0.260. The fourth-order valence-corrected chi connectivity index (χ4v) is 4.90. The zero-order chi connectivity index (χ0) is 9.12. The lowest BCUT2D eigenvalue weighted by atomic mass is 9.83. The van der Waals surface area contributed by atoms with Crippen LogP contribution in [0.4, 0.5) is 0 Å². The minimum Gasteiger partial charge on any atom is -0.0673 e. The molecular weight excluding hydrogens is 168 g/mol. The van der Waals surface area contributed by atoms with Gasteiger partial charge in [-0.3, -0.25) is 0 Å². The molecule has 4 saturated carbocycles. The average molecular weight is 188 g/mol. The van der Waals surface area contributed by atoms with E-state index in [-0.39, 0.29) is 0 Å². The molecule has 0 spiro atoms. The Morgan fingerprint density at radius 3 is 1.43 bits per heavy atom. The van der Waals surface area contributed by atoms with E-state index >= 15 is 0 Å². The molecule has 0 heterocycles. The van der Waals surface area contributed by atoms with Crippen LogP contribution in [0.25, 0.3) is 0 Å². The van der Waals surface area contributed by atoms with Crippen LogP contribution >= 0.6 is 0 Å². The number of rotatable bonds is 0. The standard InChI is InChI=1S/C14H20/c1-3-11-5-9(1)7-13(11)14-8-10-2-4-12(14)6-10/h9-12H,1-8H2/b14-13-/t9-,10+,11+,12-. The van der Waals surface area contributed by atoms with Crippen molar-refractivity contribution in [3.63, 3.8) is 0 Å². The van der Waals surface area contributed by atoms with Gasteiger partial charge in [-0.1, -0.05) is 11.1 Å². The predicted octanol–water partition coefficient (Wildman–Crippen LogP) is 3.92. The molecule has 0 radical (unpaired) electrons. The van der Waals surface area contributed by atoms with Crippen LogP contribution in [0.15, 0.2) is 11.1 Å². The van der Waals surface area contributed by atoms with E-state index in [2.05, 4.69) is 0 Å². The number of hydrogen-bond acceptors (Lipinski definition) is 0. The predicted molar refractivity (Wildman–Crippen MR) is 57.9 cm³/mol. The summed E-state index contributed by atoms with van der Waals surface area (Å²) in [6.07, 6.45) is 12.4. The Balaban J connectivity index is 1.70. The summed E-state index contributed by atoms with van der Waals surface area (Å²) in [5.74, 6) is 4.35. The molecule has 4 fully saturated rings. The smallest absolute Gasteiger partial charge is 0.0197 e. The van der Waals surface area contributed by atoms with Crippen molar-refractivity contribution >= 4 is 0 Å². The van der Waals surface area contributed by atoms with Gasteiger partial charge in [0.2, 0.25) is 0 Å². The molecule has 0 heteroatoms. The van der Waals surface area contributed by atoms with E-state index in [1.807, 2.05) is 11.1 Å². The molecule has 4 bridgehead atoms. The second-order valence-electron chi connectivity index (χ2n) is 6.21. The third-order valence-electron chi connectivity index (χ3n) is 5.50. The first-order valence-corrected chi connectivity index (χ1v) is 6.62. The van der Waals surface area contributed by atoms with E-state index in [0.29, 0.717) is 0 Å². The van der Waals surface area contributed by atoms with Gasteiger partial charge >= 0.3 is 0 Å². The van der Waals surface area contributed by atoms with E-state index < -0.39 is 0 Å². The summed E-state index contributed by atoms with van der Waals surface area (Å²) >= 11 is 0. The quantitative estimate of drug-likeness (QED) is 0.505. The minimum absolute atomic E-state index is 1.06. The van der Waals surface area contributed by atoms with Gasteiger partial charge in [0.15, 0.2) is 0 Å². The molecule has 0 amide bonds. The lowest BCUT2D eigenvalue weighted by Gasteiger charge is -2.22. The molecule has 14 heavy (non-hydrogen) atoms. The van der Waals surface area contributed by atoms with Gasteiger partial charge in [0.25, 0.3) is 0 Å². The highest BCUT2D eigenvalue weighted by Crippen LogP contribution is 2.56. The highest BCUT2D eigenvalue weighted by atomic mass is 14.5. The first kappa shape index (κ1) is 7.96. The Kier molecular flexibility index (Phi) is 1.51. The SMILES string of the molecule is C1C[C@@H]2C[C@H]1C/C2=C1\C[C@@H]2CC[C@H]1C2. The maximum absolute atomic E-state index is 1.98. The zero-order valence-electron chi connectivity index (χ0n) is 8.97. The zero-order valence-corrected chi connectivity index (χ0v) is 8.97. The summed E-state index contributed by atoms with van der Waals surface area (Å²) in [6.45, 7) is 0. The van der Waals surface area contributed by atoms with Crippen LogP contribution in [-0.2, 0) is 0 Å². The molecule has 0 aliphatic heterocycles. The maximum Gasteiger partial charge on any atom is -0.0197 e. The summed E-state index contributed by atoms with van der Waals surface area (Å²) in [6, 6.07) is 0. The molecule has 0 N–H and O–H groups in total. The highest BCUT2D eigenvalue weighted by molar-refractivity contribution is 5.29. The van der Waals surface area contributed by atoms with Crippen LogP contribution in [0, 0.1) is 23.7 Å². The second-order valence-corrected chi connectivity index (χ2v) is 6.21. The summed E-state index contributed by atoms with van der Waals surface area (Å²) in [4.78, 5) is 0. The molecule has 0 aromatic rings. The van der Waals surface area contributed by atoms with E-state index in [4.69, 9.17) is 0 Å². The third-order valence-corrected chi connectivity index (χ3v) is 5.50. The second kappa shape index (κ2) is 2.65. The Bertz CT molecular complexity index is 269. The van der Waals surface area contributed by atoms with Gasteiger partial charge in [-0.05, 0) is 75.0 Å². The van der Waals surface area contributed by atoms with Gasteiger partial charge in [-0.2, -0.15) is 0 Å². The first-order valence-electron chi connectivity index (χ1n) is 6.62.